The molecule has 1 fully saturated rings. The van der Waals surface area contributed by atoms with Crippen LogP contribution in [0.5, 0.6) is 0 Å². The van der Waals surface area contributed by atoms with Crippen molar-refractivity contribution in [3.8, 4) is 0 Å². The highest BCUT2D eigenvalue weighted by atomic mass is 127. The minimum atomic E-state index is 0. The lowest BCUT2D eigenvalue weighted by Crippen LogP contribution is -3.00. The minimum absolute atomic E-state index is 0. The highest BCUT2D eigenvalue weighted by molar-refractivity contribution is 6.02. The zero-order chi connectivity index (χ0) is 12.5. The first-order chi connectivity index (χ1) is 8.62. The van der Waals surface area contributed by atoms with Gasteiger partial charge in [-0.15, -0.1) is 0 Å². The Morgan fingerprint density at radius 2 is 1.89 bits per heavy atom. The smallest absolute Gasteiger partial charge is 0.220 e. The fourth-order valence-electron chi connectivity index (χ4n) is 4.68. The maximum Gasteiger partial charge on any atom is 0.220 e. The second-order valence-electron chi connectivity index (χ2n) is 6.38. The number of carbonyl (C=O) groups excluding carboxylic acids is 1. The Morgan fingerprint density at radius 3 is 2.68 bits per heavy atom. The van der Waals surface area contributed by atoms with E-state index in [-0.39, 0.29) is 30.0 Å². The monoisotopic (exact) mass is 367 g/mol. The van der Waals surface area contributed by atoms with E-state index >= 15 is 0 Å². The summed E-state index contributed by atoms with van der Waals surface area (Å²) >= 11 is 0. The minimum Gasteiger partial charge on any atom is -1.00 e. The molecule has 2 bridgehead atoms. The Kier molecular flexibility index (Phi) is 2.91. The Balaban J connectivity index is 0.00000110. The number of allylic oxidation sites excluding steroid dienone is 1. The molecule has 1 aromatic rings. The number of likely N-dealkylation sites (N-methyl/N-ethyl adjacent to an activating group) is 1. The predicted octanol–water partition coefficient (Wildman–Crippen LogP) is -0.421. The maximum absolute atomic E-state index is 12.8. The molecule has 0 aromatic heterocycles. The zero-order valence-corrected chi connectivity index (χ0v) is 13.4. The molecule has 3 heteroatoms. The molecule has 1 aliphatic carbocycles. The molecule has 2 unspecified atom stereocenters. The third-order valence-electron chi connectivity index (χ3n) is 5.28. The van der Waals surface area contributed by atoms with Crippen LogP contribution in [-0.4, -0.2) is 30.4 Å². The SMILES string of the molecule is C[N+]1(C)C2C(=O)c3ccccc3C1[C@@H]1C=CC[C@H]21.[I-]. The van der Waals surface area contributed by atoms with E-state index in [1.165, 1.54) is 5.56 Å². The van der Waals surface area contributed by atoms with Crippen molar-refractivity contribution in [2.75, 3.05) is 14.1 Å². The number of Topliss-reactive ketones (excluding diaryl/α,β-unsaturated/α-hetero) is 1. The highest BCUT2D eigenvalue weighted by Gasteiger charge is 2.63. The van der Waals surface area contributed by atoms with Gasteiger partial charge in [-0.1, -0.05) is 36.4 Å². The molecular formula is C16H18INO. The van der Waals surface area contributed by atoms with E-state index in [0.29, 0.717) is 23.7 Å². The molecule has 19 heavy (non-hydrogen) atoms. The van der Waals surface area contributed by atoms with Gasteiger partial charge in [0.1, 0.15) is 6.04 Å². The summed E-state index contributed by atoms with van der Waals surface area (Å²) < 4.78 is 0.843. The Morgan fingerprint density at radius 1 is 1.16 bits per heavy atom. The summed E-state index contributed by atoms with van der Waals surface area (Å²) in [6.07, 6.45) is 5.70. The first kappa shape index (κ1) is 13.3. The summed E-state index contributed by atoms with van der Waals surface area (Å²) in [6, 6.07) is 8.85. The van der Waals surface area contributed by atoms with Gasteiger partial charge in [0.15, 0.2) is 6.04 Å². The van der Waals surface area contributed by atoms with E-state index in [1.807, 2.05) is 12.1 Å². The van der Waals surface area contributed by atoms with Crippen LogP contribution in [0.25, 0.3) is 0 Å². The summed E-state index contributed by atoms with van der Waals surface area (Å²) in [5.41, 5.74) is 2.25. The lowest BCUT2D eigenvalue weighted by molar-refractivity contribution is -0.926. The van der Waals surface area contributed by atoms with E-state index in [4.69, 9.17) is 0 Å². The Bertz CT molecular complexity index is 578. The van der Waals surface area contributed by atoms with Crippen LogP contribution in [0.2, 0.25) is 0 Å². The zero-order valence-electron chi connectivity index (χ0n) is 11.2. The molecule has 2 aliphatic heterocycles. The fraction of sp³-hybridized carbons (Fsp3) is 0.438. The van der Waals surface area contributed by atoms with Crippen molar-refractivity contribution in [1.82, 2.24) is 0 Å². The first-order valence-electron chi connectivity index (χ1n) is 6.75. The third-order valence-corrected chi connectivity index (χ3v) is 5.28. The lowest BCUT2D eigenvalue weighted by Gasteiger charge is -2.42. The van der Waals surface area contributed by atoms with Crippen molar-refractivity contribution in [2.24, 2.45) is 11.8 Å². The number of hydrogen-bond acceptors (Lipinski definition) is 1. The van der Waals surface area contributed by atoms with Gasteiger partial charge in [-0.3, -0.25) is 4.79 Å². The number of rotatable bonds is 0. The molecule has 0 spiro atoms. The van der Waals surface area contributed by atoms with Crippen molar-refractivity contribution >= 4 is 5.78 Å². The third kappa shape index (κ3) is 1.49. The second kappa shape index (κ2) is 4.16. The van der Waals surface area contributed by atoms with Crippen molar-refractivity contribution in [1.29, 1.82) is 0 Å². The van der Waals surface area contributed by atoms with Crippen LogP contribution >= 0.6 is 0 Å². The van der Waals surface area contributed by atoms with Crippen molar-refractivity contribution in [2.45, 2.75) is 18.5 Å². The standard InChI is InChI=1S/C16H18NO.HI/c1-17(2)14-10-8-5-9-11(10)15(17)16(18)13-7-4-3-6-12(13)14;/h3-8,10-11,14-15H,9H2,1-2H3;1H/q+1;/p-1/t10-,11+,14?,15?;/m1./s1. The van der Waals surface area contributed by atoms with Gasteiger partial charge in [0.25, 0.3) is 0 Å². The molecule has 0 amide bonds. The van der Waals surface area contributed by atoms with Crippen LogP contribution in [0.1, 0.15) is 28.4 Å². The van der Waals surface area contributed by atoms with Crippen LogP contribution < -0.4 is 24.0 Å². The summed E-state index contributed by atoms with van der Waals surface area (Å²) in [4.78, 5) is 12.8. The van der Waals surface area contributed by atoms with Crippen molar-refractivity contribution in [3.05, 3.63) is 47.5 Å². The topological polar surface area (TPSA) is 17.1 Å². The van der Waals surface area contributed by atoms with Gasteiger partial charge in [0, 0.05) is 23.0 Å². The number of ketones is 1. The van der Waals surface area contributed by atoms with E-state index < -0.39 is 0 Å². The van der Waals surface area contributed by atoms with Gasteiger partial charge in [-0.25, -0.2) is 0 Å². The van der Waals surface area contributed by atoms with Crippen molar-refractivity contribution in [3.63, 3.8) is 0 Å². The fourth-order valence-corrected chi connectivity index (χ4v) is 4.68. The van der Waals surface area contributed by atoms with Gasteiger partial charge in [0.2, 0.25) is 5.78 Å². The summed E-state index contributed by atoms with van der Waals surface area (Å²) in [5, 5.41) is 0. The molecule has 1 saturated heterocycles. The average Bonchev–Trinajstić information content (AvgIpc) is 2.82. The molecule has 0 N–H and O–H groups in total. The number of benzene rings is 1. The second-order valence-corrected chi connectivity index (χ2v) is 6.38. The van der Waals surface area contributed by atoms with Crippen LogP contribution in [0.15, 0.2) is 36.4 Å². The summed E-state index contributed by atoms with van der Waals surface area (Å²) in [6.45, 7) is 0. The lowest BCUT2D eigenvalue weighted by atomic mass is 9.88. The Hall–Kier alpha value is -0.680. The number of quaternary nitrogens is 1. The molecule has 4 rings (SSSR count). The molecule has 100 valence electrons. The molecule has 3 aliphatic rings. The van der Waals surface area contributed by atoms with Gasteiger partial charge >= 0.3 is 0 Å². The molecule has 0 saturated carbocycles. The van der Waals surface area contributed by atoms with Crippen LogP contribution in [-0.2, 0) is 0 Å². The maximum atomic E-state index is 12.8. The highest BCUT2D eigenvalue weighted by Crippen LogP contribution is 2.56. The van der Waals surface area contributed by atoms with E-state index in [2.05, 4.69) is 38.4 Å². The van der Waals surface area contributed by atoms with Crippen molar-refractivity contribution < 1.29 is 33.3 Å². The largest absolute Gasteiger partial charge is 1.00 e. The average molecular weight is 367 g/mol. The van der Waals surface area contributed by atoms with Gasteiger partial charge in [-0.05, 0) is 6.42 Å². The molecule has 4 atom stereocenters. The van der Waals surface area contributed by atoms with Gasteiger partial charge in [-0.2, -0.15) is 0 Å². The molecular weight excluding hydrogens is 349 g/mol. The van der Waals surface area contributed by atoms with Crippen LogP contribution in [0.4, 0.5) is 0 Å². The van der Waals surface area contributed by atoms with E-state index in [0.717, 1.165) is 16.5 Å². The van der Waals surface area contributed by atoms with Crippen LogP contribution in [0.3, 0.4) is 0 Å². The van der Waals surface area contributed by atoms with Gasteiger partial charge in [0.05, 0.1) is 14.1 Å². The van der Waals surface area contributed by atoms with Gasteiger partial charge < -0.3 is 28.5 Å². The van der Waals surface area contributed by atoms with E-state index in [9.17, 15) is 4.79 Å². The number of fused-ring (bicyclic) bond motifs is 7. The molecule has 2 heterocycles. The number of nitrogens with zero attached hydrogens (tertiary/aromatic N) is 1. The Labute approximate surface area is 131 Å². The summed E-state index contributed by atoms with van der Waals surface area (Å²) in [5.74, 6) is 1.44. The normalized spacial score (nSPS) is 36.6. The quantitative estimate of drug-likeness (QED) is 0.346. The number of carbonyl (C=O) groups is 1. The van der Waals surface area contributed by atoms with Crippen LogP contribution in [0, 0.1) is 11.8 Å². The molecule has 0 radical (unpaired) electrons. The predicted molar refractivity (Wildman–Crippen MR) is 70.1 cm³/mol. The molecule has 1 aromatic carbocycles. The molecule has 2 nitrogen and oxygen atoms in total. The first-order valence-corrected chi connectivity index (χ1v) is 6.75. The number of halogens is 1. The van der Waals surface area contributed by atoms with E-state index in [1.54, 1.807) is 0 Å². The number of hydrogen-bond donors (Lipinski definition) is 0. The summed E-state index contributed by atoms with van der Waals surface area (Å²) in [7, 11) is 4.46.